The van der Waals surface area contributed by atoms with E-state index in [0.717, 1.165) is 5.56 Å². The number of carbonyl (C=O) groups excluding carboxylic acids is 2. The molecule has 2 aromatic rings. The molecule has 6 nitrogen and oxygen atoms in total. The third-order valence-corrected chi connectivity index (χ3v) is 2.77. The van der Waals surface area contributed by atoms with Gasteiger partial charge < -0.3 is 10.1 Å². The zero-order valence-electron chi connectivity index (χ0n) is 11.7. The summed E-state index contributed by atoms with van der Waals surface area (Å²) in [6.07, 6.45) is 3.26. The minimum absolute atomic E-state index is 0.317. The smallest absolute Gasteiger partial charge is 0.338 e. The van der Waals surface area contributed by atoms with Crippen LogP contribution in [0.5, 0.6) is 0 Å². The summed E-state index contributed by atoms with van der Waals surface area (Å²) in [5.41, 5.74) is 1.78. The molecule has 1 heterocycles. The molecule has 1 aromatic heterocycles. The Morgan fingerprint density at radius 2 is 1.82 bits per heavy atom. The van der Waals surface area contributed by atoms with Crippen molar-refractivity contribution in [2.45, 2.75) is 6.42 Å². The van der Waals surface area contributed by atoms with Gasteiger partial charge in [-0.3, -0.25) is 9.78 Å². The van der Waals surface area contributed by atoms with Crippen LogP contribution in [0.4, 0.5) is 5.69 Å². The molecule has 0 unspecified atom stereocenters. The maximum absolute atomic E-state index is 11.7. The second-order valence-corrected chi connectivity index (χ2v) is 4.39. The van der Waals surface area contributed by atoms with Gasteiger partial charge in [0.05, 0.1) is 18.1 Å². The number of aromatic nitrogens is 1. The van der Waals surface area contributed by atoms with E-state index < -0.39 is 11.9 Å². The first-order valence-corrected chi connectivity index (χ1v) is 6.52. The molecule has 0 aliphatic heterocycles. The Kier molecular flexibility index (Phi) is 5.21. The van der Waals surface area contributed by atoms with Crippen LogP contribution in [-0.2, 0) is 16.0 Å². The summed E-state index contributed by atoms with van der Waals surface area (Å²) in [5, 5.41) is 11.2. The quantitative estimate of drug-likeness (QED) is 0.851. The number of esters is 1. The molecule has 22 heavy (non-hydrogen) atoms. The maximum Gasteiger partial charge on any atom is 0.338 e. The van der Waals surface area contributed by atoms with Crippen LogP contribution in [0.3, 0.4) is 0 Å². The molecule has 6 heteroatoms. The number of carbonyl (C=O) groups is 2. The highest BCUT2D eigenvalue weighted by atomic mass is 16.5. The Morgan fingerprint density at radius 1 is 1.14 bits per heavy atom. The lowest BCUT2D eigenvalue weighted by molar-refractivity contribution is -0.119. The number of rotatable bonds is 5. The average molecular weight is 295 g/mol. The van der Waals surface area contributed by atoms with E-state index >= 15 is 0 Å². The van der Waals surface area contributed by atoms with Gasteiger partial charge in [-0.15, -0.1) is 0 Å². The van der Waals surface area contributed by atoms with Crippen molar-refractivity contribution in [1.82, 2.24) is 4.98 Å². The Bertz CT molecular complexity index is 691. The van der Waals surface area contributed by atoms with Gasteiger partial charge in [0.1, 0.15) is 0 Å². The number of pyridine rings is 1. The molecule has 1 aromatic carbocycles. The number of nitrogens with zero attached hydrogens (tertiary/aromatic N) is 2. The van der Waals surface area contributed by atoms with Crippen molar-refractivity contribution < 1.29 is 14.3 Å². The minimum atomic E-state index is -0.582. The molecule has 0 bridgehead atoms. The molecule has 2 rings (SSSR count). The fourth-order valence-corrected chi connectivity index (χ4v) is 1.70. The van der Waals surface area contributed by atoms with Crippen molar-refractivity contribution >= 4 is 17.6 Å². The Balaban J connectivity index is 1.83. The topological polar surface area (TPSA) is 92.1 Å². The van der Waals surface area contributed by atoms with Crippen LogP contribution in [0, 0.1) is 11.3 Å². The first kappa shape index (κ1) is 15.2. The number of ether oxygens (including phenoxy) is 1. The van der Waals surface area contributed by atoms with Crippen LogP contribution in [0.1, 0.15) is 15.9 Å². The highest BCUT2D eigenvalue weighted by Gasteiger charge is 2.09. The van der Waals surface area contributed by atoms with Crippen molar-refractivity contribution in [3.05, 3.63) is 59.9 Å². The van der Waals surface area contributed by atoms with Gasteiger partial charge in [-0.05, 0) is 29.8 Å². The van der Waals surface area contributed by atoms with Crippen LogP contribution in [0.15, 0.2) is 48.8 Å². The number of amides is 1. The predicted molar refractivity (Wildman–Crippen MR) is 78.9 cm³/mol. The molecule has 0 fully saturated rings. The number of hydrogen-bond donors (Lipinski definition) is 1. The lowest BCUT2D eigenvalue weighted by Gasteiger charge is -2.07. The van der Waals surface area contributed by atoms with E-state index in [1.165, 1.54) is 24.5 Å². The third kappa shape index (κ3) is 4.42. The van der Waals surface area contributed by atoms with Crippen LogP contribution in [0.25, 0.3) is 0 Å². The molecule has 0 radical (unpaired) electrons. The van der Waals surface area contributed by atoms with Gasteiger partial charge in [-0.25, -0.2) is 4.79 Å². The van der Waals surface area contributed by atoms with Crippen molar-refractivity contribution in [2.24, 2.45) is 0 Å². The largest absolute Gasteiger partial charge is 0.452 e. The van der Waals surface area contributed by atoms with Gasteiger partial charge in [0.2, 0.25) is 0 Å². The summed E-state index contributed by atoms with van der Waals surface area (Å²) < 4.78 is 4.90. The third-order valence-electron chi connectivity index (χ3n) is 2.77. The summed E-state index contributed by atoms with van der Waals surface area (Å²) in [6.45, 7) is -0.374. The molecule has 0 atom stereocenters. The van der Waals surface area contributed by atoms with E-state index in [1.54, 1.807) is 24.3 Å². The molecule has 0 aliphatic rings. The van der Waals surface area contributed by atoms with Crippen molar-refractivity contribution in [2.75, 3.05) is 11.9 Å². The van der Waals surface area contributed by atoms with Gasteiger partial charge in [-0.1, -0.05) is 12.1 Å². The molecule has 0 spiro atoms. The van der Waals surface area contributed by atoms with Crippen LogP contribution < -0.4 is 5.32 Å². The van der Waals surface area contributed by atoms with Crippen molar-refractivity contribution in [3.63, 3.8) is 0 Å². The summed E-state index contributed by atoms with van der Waals surface area (Å²) in [7, 11) is 0. The molecule has 0 aliphatic carbocycles. The van der Waals surface area contributed by atoms with Gasteiger partial charge in [-0.2, -0.15) is 5.26 Å². The average Bonchev–Trinajstić information content (AvgIpc) is 2.55. The summed E-state index contributed by atoms with van der Waals surface area (Å²) in [5.74, 6) is -1.02. The lowest BCUT2D eigenvalue weighted by atomic mass is 10.1. The second kappa shape index (κ2) is 7.55. The molecular weight excluding hydrogens is 282 g/mol. The summed E-state index contributed by atoms with van der Waals surface area (Å²) >= 11 is 0. The van der Waals surface area contributed by atoms with E-state index in [0.29, 0.717) is 17.7 Å². The second-order valence-electron chi connectivity index (χ2n) is 4.39. The van der Waals surface area contributed by atoms with Gasteiger partial charge >= 0.3 is 5.97 Å². The molecule has 1 N–H and O–H groups in total. The van der Waals surface area contributed by atoms with Gasteiger partial charge in [0.15, 0.2) is 6.61 Å². The highest BCUT2D eigenvalue weighted by molar-refractivity contribution is 5.95. The molecule has 0 saturated heterocycles. The zero-order valence-corrected chi connectivity index (χ0v) is 11.7. The SMILES string of the molecule is N#CCc1ccc(NC(=O)COC(=O)c2ccncc2)cc1. The number of hydrogen-bond acceptors (Lipinski definition) is 5. The Labute approximate surface area is 127 Å². The lowest BCUT2D eigenvalue weighted by Crippen LogP contribution is -2.20. The molecular formula is C16H13N3O3. The van der Waals surface area contributed by atoms with E-state index in [4.69, 9.17) is 10.00 Å². The minimum Gasteiger partial charge on any atom is -0.452 e. The molecule has 110 valence electrons. The maximum atomic E-state index is 11.7. The normalized spacial score (nSPS) is 9.59. The highest BCUT2D eigenvalue weighted by Crippen LogP contribution is 2.10. The Morgan fingerprint density at radius 3 is 2.45 bits per heavy atom. The van der Waals surface area contributed by atoms with E-state index in [2.05, 4.69) is 10.3 Å². The first-order valence-electron chi connectivity index (χ1n) is 6.52. The number of nitriles is 1. The van der Waals surface area contributed by atoms with E-state index in [9.17, 15) is 9.59 Å². The van der Waals surface area contributed by atoms with Gasteiger partial charge in [0, 0.05) is 18.1 Å². The van der Waals surface area contributed by atoms with Crippen LogP contribution in [-0.4, -0.2) is 23.5 Å². The zero-order chi connectivity index (χ0) is 15.8. The van der Waals surface area contributed by atoms with Crippen LogP contribution in [0.2, 0.25) is 0 Å². The standard InChI is InChI=1S/C16H13N3O3/c17-8-5-12-1-3-14(4-2-12)19-15(20)11-22-16(21)13-6-9-18-10-7-13/h1-4,6-7,9-10H,5,11H2,(H,19,20). The summed E-state index contributed by atoms with van der Waals surface area (Å²) in [4.78, 5) is 27.2. The monoisotopic (exact) mass is 295 g/mol. The van der Waals surface area contributed by atoms with Crippen LogP contribution >= 0.6 is 0 Å². The van der Waals surface area contributed by atoms with Gasteiger partial charge in [0.25, 0.3) is 5.91 Å². The van der Waals surface area contributed by atoms with E-state index in [1.807, 2.05) is 6.07 Å². The number of anilines is 1. The first-order chi connectivity index (χ1) is 10.7. The molecule has 1 amide bonds. The molecule has 0 saturated carbocycles. The van der Waals surface area contributed by atoms with E-state index in [-0.39, 0.29) is 6.61 Å². The van der Waals surface area contributed by atoms with Crippen molar-refractivity contribution in [3.8, 4) is 6.07 Å². The number of nitrogens with one attached hydrogen (secondary N) is 1. The fraction of sp³-hybridized carbons (Fsp3) is 0.125. The number of benzene rings is 1. The Hall–Kier alpha value is -3.20. The van der Waals surface area contributed by atoms with Crippen molar-refractivity contribution in [1.29, 1.82) is 5.26 Å². The fourth-order valence-electron chi connectivity index (χ4n) is 1.70. The predicted octanol–water partition coefficient (Wildman–Crippen LogP) is 1.94. The summed E-state index contributed by atoms with van der Waals surface area (Å²) in [6, 6.07) is 11.9.